The van der Waals surface area contributed by atoms with Gasteiger partial charge < -0.3 is 9.71 Å². The molecule has 4 aromatic rings. The van der Waals surface area contributed by atoms with Crippen molar-refractivity contribution in [2.24, 2.45) is 0 Å². The Morgan fingerprint density at radius 3 is 1.89 bits per heavy atom. The molecule has 3 heterocycles. The minimum absolute atomic E-state index is 0.0305. The highest BCUT2D eigenvalue weighted by atomic mass is 15.3. The summed E-state index contributed by atoms with van der Waals surface area (Å²) in [4.78, 5) is 5.57. The minimum Gasteiger partial charge on any atom is -0.376 e. The molecule has 3 heteroatoms. The van der Waals surface area contributed by atoms with Crippen molar-refractivity contribution >= 4 is 40.5 Å². The quantitative estimate of drug-likeness (QED) is 0.195. The number of nitrogens with zero attached hydrogens (tertiary/aromatic N) is 2. The highest BCUT2D eigenvalue weighted by Crippen LogP contribution is 2.62. The summed E-state index contributed by atoms with van der Waals surface area (Å²) >= 11 is 0. The van der Waals surface area contributed by atoms with Gasteiger partial charge in [-0.2, -0.15) is 0 Å². The molecule has 1 aliphatic carbocycles. The van der Waals surface area contributed by atoms with Gasteiger partial charge in [-0.25, -0.2) is 0 Å². The van der Waals surface area contributed by atoms with Crippen molar-refractivity contribution in [1.82, 2.24) is 0 Å². The highest BCUT2D eigenvalue weighted by molar-refractivity contribution is 6.93. The van der Waals surface area contributed by atoms with E-state index >= 15 is 0 Å². The minimum atomic E-state index is 0.0305. The molecular formula is C44H53BN2. The third-order valence-corrected chi connectivity index (χ3v) is 12.7. The van der Waals surface area contributed by atoms with Gasteiger partial charge in [-0.15, -0.1) is 0 Å². The molecule has 2 atom stereocenters. The molecule has 0 amide bonds. The molecule has 0 aromatic heterocycles. The highest BCUT2D eigenvalue weighted by Gasteiger charge is 2.61. The number of fused-ring (bicyclic) bond motifs is 7. The predicted molar refractivity (Wildman–Crippen MR) is 204 cm³/mol. The van der Waals surface area contributed by atoms with Gasteiger partial charge in [0, 0.05) is 33.7 Å². The molecule has 0 saturated heterocycles. The van der Waals surface area contributed by atoms with Crippen molar-refractivity contribution in [3.63, 3.8) is 0 Å². The maximum absolute atomic E-state index is 2.86. The summed E-state index contributed by atoms with van der Waals surface area (Å²) < 4.78 is 0. The van der Waals surface area contributed by atoms with E-state index in [1.54, 1.807) is 5.56 Å². The van der Waals surface area contributed by atoms with Gasteiger partial charge in [-0.05, 0) is 99.0 Å². The first-order chi connectivity index (χ1) is 21.9. The van der Waals surface area contributed by atoms with Crippen LogP contribution in [0.3, 0.4) is 0 Å². The van der Waals surface area contributed by atoms with Gasteiger partial charge in [0.05, 0.1) is 5.54 Å². The van der Waals surface area contributed by atoms with E-state index in [1.165, 1.54) is 87.2 Å². The molecule has 242 valence electrons. The molecule has 1 fully saturated rings. The fourth-order valence-electron chi connectivity index (χ4n) is 9.55. The Bertz CT molecular complexity index is 1930. The van der Waals surface area contributed by atoms with Crippen LogP contribution in [0.25, 0.3) is 11.1 Å². The second-order valence-electron chi connectivity index (χ2n) is 18.6. The van der Waals surface area contributed by atoms with E-state index in [9.17, 15) is 0 Å². The van der Waals surface area contributed by atoms with Gasteiger partial charge in [-0.3, -0.25) is 0 Å². The number of para-hydroxylation sites is 1. The average molecular weight is 621 g/mol. The summed E-state index contributed by atoms with van der Waals surface area (Å²) in [5, 5.41) is 0. The lowest BCUT2D eigenvalue weighted by molar-refractivity contribution is 0.195. The first-order valence-corrected chi connectivity index (χ1v) is 18.1. The zero-order chi connectivity index (χ0) is 33.5. The Hall–Kier alpha value is -3.46. The molecule has 0 N–H and O–H groups in total. The van der Waals surface area contributed by atoms with E-state index in [0.29, 0.717) is 0 Å². The fraction of sp³-hybridized carbons (Fsp3) is 0.455. The zero-order valence-corrected chi connectivity index (χ0v) is 30.7. The lowest BCUT2D eigenvalue weighted by atomic mass is 9.43. The largest absolute Gasteiger partial charge is 0.376 e. The second-order valence-corrected chi connectivity index (χ2v) is 18.6. The summed E-state index contributed by atoms with van der Waals surface area (Å²) in [6.45, 7) is 26.4. The Morgan fingerprint density at radius 2 is 1.23 bits per heavy atom. The van der Waals surface area contributed by atoms with Crippen molar-refractivity contribution in [2.75, 3.05) is 9.71 Å². The third kappa shape index (κ3) is 4.17. The van der Waals surface area contributed by atoms with Crippen molar-refractivity contribution in [2.45, 2.75) is 129 Å². The molecule has 3 aliphatic heterocycles. The molecule has 2 unspecified atom stereocenters. The fourth-order valence-corrected chi connectivity index (χ4v) is 9.55. The number of anilines is 4. The standard InChI is InChI=1S/C44H53BN2/c1-40(2,3)28-17-20-31(21-18-28)47-36-26-29(41(4,5)6)19-22-32(36)33-25-30(42(7,8)9)27-37-38(33)45(47)35-16-14-15-34-39(35)46(37)44(11)24-13-12-23-43(34,44)10/h14-22,25-27H,12-13,23-24H2,1-11H3. The molecular weight excluding hydrogens is 567 g/mol. The van der Waals surface area contributed by atoms with E-state index in [4.69, 9.17) is 0 Å². The molecule has 4 aliphatic rings. The van der Waals surface area contributed by atoms with Crippen molar-refractivity contribution in [1.29, 1.82) is 0 Å². The summed E-state index contributed by atoms with van der Waals surface area (Å²) in [7, 11) is 0. The summed E-state index contributed by atoms with van der Waals surface area (Å²) in [6.07, 6.45) is 5.07. The first kappa shape index (κ1) is 30.9. The van der Waals surface area contributed by atoms with Crippen LogP contribution < -0.4 is 20.6 Å². The maximum atomic E-state index is 2.86. The lowest BCUT2D eigenvalue weighted by Crippen LogP contribution is -2.64. The molecule has 0 radical (unpaired) electrons. The van der Waals surface area contributed by atoms with Crippen molar-refractivity contribution < 1.29 is 0 Å². The van der Waals surface area contributed by atoms with E-state index < -0.39 is 0 Å². The van der Waals surface area contributed by atoms with Crippen LogP contribution in [0.1, 0.15) is 124 Å². The number of hydrogen-bond acceptors (Lipinski definition) is 2. The molecule has 1 saturated carbocycles. The van der Waals surface area contributed by atoms with Crippen LogP contribution in [-0.2, 0) is 21.7 Å². The van der Waals surface area contributed by atoms with Gasteiger partial charge in [0.15, 0.2) is 0 Å². The molecule has 2 nitrogen and oxygen atoms in total. The summed E-state index contributed by atoms with van der Waals surface area (Å²) in [5.41, 5.74) is 17.3. The van der Waals surface area contributed by atoms with E-state index in [2.05, 4.69) is 159 Å². The summed E-state index contributed by atoms with van der Waals surface area (Å²) in [5.74, 6) is 0. The average Bonchev–Trinajstić information content (AvgIpc) is 3.22. The number of hydrogen-bond donors (Lipinski definition) is 0. The predicted octanol–water partition coefficient (Wildman–Crippen LogP) is 10.6. The third-order valence-electron chi connectivity index (χ3n) is 12.7. The van der Waals surface area contributed by atoms with E-state index in [-0.39, 0.29) is 34.0 Å². The molecule has 8 rings (SSSR count). The number of rotatable bonds is 1. The van der Waals surface area contributed by atoms with Crippen LogP contribution in [0.5, 0.6) is 0 Å². The second kappa shape index (κ2) is 9.58. The Kier molecular flexibility index (Phi) is 6.29. The van der Waals surface area contributed by atoms with Gasteiger partial charge in [-0.1, -0.05) is 131 Å². The smallest absolute Gasteiger partial charge is 0.333 e. The van der Waals surface area contributed by atoms with Crippen LogP contribution in [-0.4, -0.2) is 12.4 Å². The van der Waals surface area contributed by atoms with E-state index in [0.717, 1.165) is 0 Å². The molecule has 4 aromatic carbocycles. The molecule has 0 bridgehead atoms. The van der Waals surface area contributed by atoms with Crippen LogP contribution >= 0.6 is 0 Å². The van der Waals surface area contributed by atoms with Crippen molar-refractivity contribution in [3.05, 3.63) is 95.1 Å². The normalized spacial score (nSPS) is 22.9. The Morgan fingerprint density at radius 1 is 0.617 bits per heavy atom. The SMILES string of the molecule is CC(C)(C)c1ccc(N2B3c4cccc5c4N(c4cc(C(C)(C)C)cc(c43)-c3ccc(C(C)(C)C)cc32)C2(C)CCCCC52C)cc1. The topological polar surface area (TPSA) is 6.48 Å². The van der Waals surface area contributed by atoms with Crippen LogP contribution in [0.4, 0.5) is 22.7 Å². The number of benzene rings is 4. The van der Waals surface area contributed by atoms with E-state index in [1.807, 2.05) is 0 Å². The lowest BCUT2D eigenvalue weighted by Gasteiger charge is -2.53. The molecule has 47 heavy (non-hydrogen) atoms. The van der Waals surface area contributed by atoms with Gasteiger partial charge >= 0.3 is 6.85 Å². The van der Waals surface area contributed by atoms with Crippen LogP contribution in [0.2, 0.25) is 0 Å². The van der Waals surface area contributed by atoms with Crippen LogP contribution in [0, 0.1) is 0 Å². The van der Waals surface area contributed by atoms with Gasteiger partial charge in [0.25, 0.3) is 0 Å². The maximum Gasteiger partial charge on any atom is 0.333 e. The van der Waals surface area contributed by atoms with Gasteiger partial charge in [0.1, 0.15) is 0 Å². The summed E-state index contributed by atoms with van der Waals surface area (Å²) in [6, 6.07) is 29.3. The zero-order valence-electron chi connectivity index (χ0n) is 30.7. The van der Waals surface area contributed by atoms with Crippen LogP contribution in [0.15, 0.2) is 72.8 Å². The monoisotopic (exact) mass is 620 g/mol. The first-order valence-electron chi connectivity index (χ1n) is 18.1. The van der Waals surface area contributed by atoms with Crippen molar-refractivity contribution in [3.8, 4) is 11.1 Å². The Labute approximate surface area is 284 Å². The Balaban J connectivity index is 1.50. The molecule has 0 spiro atoms. The van der Waals surface area contributed by atoms with Gasteiger partial charge in [0.2, 0.25) is 0 Å².